The number of carbonyl (C=O) groups excluding carboxylic acids is 3. The fourth-order valence-corrected chi connectivity index (χ4v) is 4.23. The van der Waals surface area contributed by atoms with E-state index < -0.39 is 35.4 Å². The lowest BCUT2D eigenvalue weighted by atomic mass is 10.0. The highest BCUT2D eigenvalue weighted by Gasteiger charge is 2.29. The number of ether oxygens (including phenoxy) is 2. The largest absolute Gasteiger partial charge is 0.493 e. The van der Waals surface area contributed by atoms with Crippen molar-refractivity contribution in [1.82, 2.24) is 15.5 Å². The van der Waals surface area contributed by atoms with Gasteiger partial charge in [0.15, 0.2) is 11.5 Å². The first-order valence-electron chi connectivity index (χ1n) is 13.1. The van der Waals surface area contributed by atoms with Crippen LogP contribution < -0.4 is 20.1 Å². The third-order valence-electron chi connectivity index (χ3n) is 6.63. The summed E-state index contributed by atoms with van der Waals surface area (Å²) in [6.45, 7) is 1.62. The summed E-state index contributed by atoms with van der Waals surface area (Å²) < 4.78 is 37.5. The number of likely N-dealkylation sites (N-methyl/N-ethyl adjacent to an activating group) is 1. The number of nitrogens with one attached hydrogen (secondary N) is 2. The second kappa shape index (κ2) is 14.8. The van der Waals surface area contributed by atoms with Gasteiger partial charge in [-0.05, 0) is 54.3 Å². The van der Waals surface area contributed by atoms with Crippen LogP contribution in [0.4, 0.5) is 8.78 Å². The number of nitrogens with zero attached hydrogens (tertiary/aromatic N) is 1. The van der Waals surface area contributed by atoms with Crippen molar-refractivity contribution in [3.8, 4) is 11.5 Å². The zero-order valence-electron chi connectivity index (χ0n) is 23.6. The molecule has 10 heteroatoms. The molecular formula is C31H35F2N3O5. The Balaban J connectivity index is 1.66. The molecule has 3 amide bonds. The molecule has 0 saturated heterocycles. The van der Waals surface area contributed by atoms with E-state index in [9.17, 15) is 23.2 Å². The van der Waals surface area contributed by atoms with Gasteiger partial charge in [0.25, 0.3) is 0 Å². The Hall–Kier alpha value is -4.47. The number of amides is 3. The van der Waals surface area contributed by atoms with Crippen molar-refractivity contribution in [2.45, 2.75) is 32.4 Å². The molecule has 2 atom stereocenters. The van der Waals surface area contributed by atoms with Crippen LogP contribution in [-0.4, -0.2) is 56.5 Å². The van der Waals surface area contributed by atoms with E-state index in [0.717, 1.165) is 29.3 Å². The van der Waals surface area contributed by atoms with Gasteiger partial charge in [0.2, 0.25) is 17.7 Å². The number of hydrogen-bond donors (Lipinski definition) is 2. The smallest absolute Gasteiger partial charge is 0.245 e. The first-order valence-corrected chi connectivity index (χ1v) is 13.1. The molecule has 2 N–H and O–H groups in total. The molecule has 3 aromatic rings. The lowest BCUT2D eigenvalue weighted by Crippen LogP contribution is -2.51. The topological polar surface area (TPSA) is 97.0 Å². The number of hydrogen-bond acceptors (Lipinski definition) is 5. The lowest BCUT2D eigenvalue weighted by Gasteiger charge is -2.26. The van der Waals surface area contributed by atoms with E-state index in [4.69, 9.17) is 9.47 Å². The van der Waals surface area contributed by atoms with Gasteiger partial charge in [0, 0.05) is 32.6 Å². The minimum atomic E-state index is -1.16. The number of benzene rings is 3. The molecular weight excluding hydrogens is 532 g/mol. The molecule has 3 aromatic carbocycles. The first-order chi connectivity index (χ1) is 19.6. The van der Waals surface area contributed by atoms with Gasteiger partial charge < -0.3 is 25.0 Å². The summed E-state index contributed by atoms with van der Waals surface area (Å²) in [6.07, 6.45) is 0.761. The van der Waals surface area contributed by atoms with E-state index in [1.165, 1.54) is 11.8 Å². The van der Waals surface area contributed by atoms with Gasteiger partial charge in [0.05, 0.1) is 14.2 Å². The van der Waals surface area contributed by atoms with Crippen molar-refractivity contribution in [3.63, 3.8) is 0 Å². The molecule has 0 spiro atoms. The van der Waals surface area contributed by atoms with Gasteiger partial charge in [-0.2, -0.15) is 0 Å². The SMILES string of the molecule is COc1ccc(CCN(C)C(=O)C(Cc2ccccc2)NC(=O)C(C)C(=O)NCc2cc(F)cc(F)c2)cc1OC. The molecule has 2 unspecified atom stereocenters. The molecule has 0 bridgehead atoms. The Morgan fingerprint density at radius 1 is 0.829 bits per heavy atom. The Bertz CT molecular complexity index is 1330. The third-order valence-corrected chi connectivity index (χ3v) is 6.63. The summed E-state index contributed by atoms with van der Waals surface area (Å²) in [7, 11) is 4.76. The summed E-state index contributed by atoms with van der Waals surface area (Å²) in [5.41, 5.74) is 2.00. The average Bonchev–Trinajstić information content (AvgIpc) is 2.97. The van der Waals surface area contributed by atoms with E-state index in [2.05, 4.69) is 10.6 Å². The third kappa shape index (κ3) is 9.02. The van der Waals surface area contributed by atoms with E-state index in [1.807, 2.05) is 42.5 Å². The molecule has 0 aliphatic carbocycles. The van der Waals surface area contributed by atoms with Gasteiger partial charge in [-0.3, -0.25) is 14.4 Å². The maximum absolute atomic E-state index is 13.5. The Morgan fingerprint density at radius 2 is 1.49 bits per heavy atom. The quantitative estimate of drug-likeness (QED) is 0.308. The van der Waals surface area contributed by atoms with Crippen molar-refractivity contribution in [3.05, 3.63) is 95.1 Å². The highest BCUT2D eigenvalue weighted by atomic mass is 19.1. The van der Waals surface area contributed by atoms with E-state index in [1.54, 1.807) is 27.3 Å². The number of carbonyl (C=O) groups is 3. The molecule has 8 nitrogen and oxygen atoms in total. The Kier molecular flexibility index (Phi) is 11.2. The van der Waals surface area contributed by atoms with Crippen LogP contribution >= 0.6 is 0 Å². The number of halogens is 2. The Morgan fingerprint density at radius 3 is 2.12 bits per heavy atom. The second-order valence-corrected chi connectivity index (χ2v) is 9.67. The summed E-state index contributed by atoms with van der Waals surface area (Å²) >= 11 is 0. The minimum Gasteiger partial charge on any atom is -0.493 e. The molecule has 0 heterocycles. The second-order valence-electron chi connectivity index (χ2n) is 9.67. The molecule has 0 radical (unpaired) electrons. The fourth-order valence-electron chi connectivity index (χ4n) is 4.23. The Labute approximate surface area is 238 Å². The van der Waals surface area contributed by atoms with Gasteiger partial charge in [-0.15, -0.1) is 0 Å². The zero-order valence-corrected chi connectivity index (χ0v) is 23.6. The summed E-state index contributed by atoms with van der Waals surface area (Å²) in [6, 6.07) is 16.8. The first kappa shape index (κ1) is 31.1. The summed E-state index contributed by atoms with van der Waals surface area (Å²) in [5.74, 6) is -3.09. The van der Waals surface area contributed by atoms with Crippen molar-refractivity contribution in [1.29, 1.82) is 0 Å². The standard InChI is InChI=1S/C31H35F2N3O5/c1-20(29(37)34-19-23-14-24(32)18-25(33)15-23)30(38)35-26(16-21-8-6-5-7-9-21)31(39)36(2)13-12-22-10-11-27(40-3)28(17-22)41-4/h5-11,14-15,17-18,20,26H,12-13,16,19H2,1-4H3,(H,34,37)(H,35,38). The maximum Gasteiger partial charge on any atom is 0.245 e. The predicted octanol–water partition coefficient (Wildman–Crippen LogP) is 3.66. The number of rotatable bonds is 13. The average molecular weight is 568 g/mol. The predicted molar refractivity (Wildman–Crippen MR) is 150 cm³/mol. The summed E-state index contributed by atoms with van der Waals surface area (Å²) in [5, 5.41) is 5.24. The highest BCUT2D eigenvalue weighted by molar-refractivity contribution is 6.01. The van der Waals surface area contributed by atoms with Crippen LogP contribution in [-0.2, 0) is 33.8 Å². The van der Waals surface area contributed by atoms with Crippen molar-refractivity contribution in [2.24, 2.45) is 5.92 Å². The molecule has 0 aliphatic rings. The zero-order chi connectivity index (χ0) is 29.9. The van der Waals surface area contributed by atoms with Gasteiger partial charge in [-0.25, -0.2) is 8.78 Å². The van der Waals surface area contributed by atoms with Crippen LogP contribution in [0.2, 0.25) is 0 Å². The molecule has 218 valence electrons. The molecule has 0 aliphatic heterocycles. The van der Waals surface area contributed by atoms with E-state index >= 15 is 0 Å². The van der Waals surface area contributed by atoms with Crippen LogP contribution in [0.1, 0.15) is 23.6 Å². The molecule has 0 aromatic heterocycles. The monoisotopic (exact) mass is 567 g/mol. The van der Waals surface area contributed by atoms with Crippen molar-refractivity contribution >= 4 is 17.7 Å². The van der Waals surface area contributed by atoms with Gasteiger partial charge >= 0.3 is 0 Å². The normalized spacial score (nSPS) is 12.1. The van der Waals surface area contributed by atoms with Gasteiger partial charge in [0.1, 0.15) is 23.6 Å². The summed E-state index contributed by atoms with van der Waals surface area (Å²) in [4.78, 5) is 40.7. The lowest BCUT2D eigenvalue weighted by molar-refractivity contribution is -0.139. The van der Waals surface area contributed by atoms with Crippen LogP contribution in [0.3, 0.4) is 0 Å². The molecule has 0 saturated carbocycles. The van der Waals surface area contributed by atoms with Crippen LogP contribution in [0, 0.1) is 17.6 Å². The van der Waals surface area contributed by atoms with Crippen molar-refractivity contribution in [2.75, 3.05) is 27.8 Å². The fraction of sp³-hybridized carbons (Fsp3) is 0.323. The van der Waals surface area contributed by atoms with E-state index in [0.29, 0.717) is 24.5 Å². The minimum absolute atomic E-state index is 0.156. The van der Waals surface area contributed by atoms with Crippen LogP contribution in [0.5, 0.6) is 11.5 Å². The number of methoxy groups -OCH3 is 2. The van der Waals surface area contributed by atoms with Gasteiger partial charge in [-0.1, -0.05) is 36.4 Å². The van der Waals surface area contributed by atoms with Crippen LogP contribution in [0.25, 0.3) is 0 Å². The molecule has 3 rings (SSSR count). The highest BCUT2D eigenvalue weighted by Crippen LogP contribution is 2.27. The maximum atomic E-state index is 13.5. The van der Waals surface area contributed by atoms with Crippen molar-refractivity contribution < 1.29 is 32.6 Å². The van der Waals surface area contributed by atoms with Crippen LogP contribution in [0.15, 0.2) is 66.7 Å². The van der Waals surface area contributed by atoms with E-state index in [-0.39, 0.29) is 24.4 Å². The molecule has 41 heavy (non-hydrogen) atoms. The molecule has 0 fully saturated rings.